The van der Waals surface area contributed by atoms with Gasteiger partial charge in [-0.05, 0) is 55.7 Å². The van der Waals surface area contributed by atoms with Gasteiger partial charge < -0.3 is 9.73 Å². The van der Waals surface area contributed by atoms with Crippen LogP contribution in [0.1, 0.15) is 42.1 Å². The molecule has 1 aliphatic rings. The summed E-state index contributed by atoms with van der Waals surface area (Å²) in [5.74, 6) is 2.77. The second kappa shape index (κ2) is 7.27. The van der Waals surface area contributed by atoms with Crippen molar-refractivity contribution in [3.05, 3.63) is 58.6 Å². The Labute approximate surface area is 161 Å². The van der Waals surface area contributed by atoms with Gasteiger partial charge in [0.05, 0.1) is 5.69 Å². The molecule has 0 unspecified atom stereocenters. The number of nitrogens with zero attached hydrogens (tertiary/aromatic N) is 1. The molecule has 6 heteroatoms. The van der Waals surface area contributed by atoms with Crippen LogP contribution in [0.4, 0.5) is 9.52 Å². The lowest BCUT2D eigenvalue weighted by molar-refractivity contribution is -0.116. The molecule has 0 saturated heterocycles. The summed E-state index contributed by atoms with van der Waals surface area (Å²) < 4.78 is 18.9. The van der Waals surface area contributed by atoms with Gasteiger partial charge in [0.25, 0.3) is 0 Å². The summed E-state index contributed by atoms with van der Waals surface area (Å²) in [6, 6.07) is 10.2. The molecule has 0 spiro atoms. The molecular weight excluding hydrogens is 363 g/mol. The van der Waals surface area contributed by atoms with Crippen LogP contribution in [0.5, 0.6) is 0 Å². The van der Waals surface area contributed by atoms with Gasteiger partial charge in [-0.15, -0.1) is 11.3 Å². The molecule has 3 aromatic rings. The van der Waals surface area contributed by atoms with Crippen molar-refractivity contribution in [2.45, 2.75) is 39.0 Å². The Hall–Kier alpha value is -2.47. The highest BCUT2D eigenvalue weighted by molar-refractivity contribution is 7.16. The monoisotopic (exact) mass is 384 g/mol. The van der Waals surface area contributed by atoms with Crippen LogP contribution < -0.4 is 5.32 Å². The van der Waals surface area contributed by atoms with Crippen LogP contribution in [0.15, 0.2) is 40.8 Å². The van der Waals surface area contributed by atoms with Crippen LogP contribution in [0.25, 0.3) is 11.3 Å². The van der Waals surface area contributed by atoms with E-state index in [1.54, 1.807) is 12.1 Å². The van der Waals surface area contributed by atoms with Crippen LogP contribution in [0.3, 0.4) is 0 Å². The van der Waals surface area contributed by atoms with E-state index in [-0.39, 0.29) is 11.7 Å². The van der Waals surface area contributed by atoms with E-state index in [0.29, 0.717) is 29.8 Å². The smallest absolute Gasteiger partial charge is 0.226 e. The molecule has 1 aliphatic carbocycles. The van der Waals surface area contributed by atoms with E-state index >= 15 is 0 Å². The SMILES string of the molecule is Cc1sc(NC(=O)CCc2ccc([C@@H]3C[C@@H]3C)o2)nc1-c1ccc(F)cc1. The summed E-state index contributed by atoms with van der Waals surface area (Å²) in [6.07, 6.45) is 2.10. The van der Waals surface area contributed by atoms with Crippen LogP contribution in [0, 0.1) is 18.7 Å². The minimum absolute atomic E-state index is 0.0906. The lowest BCUT2D eigenvalue weighted by atomic mass is 10.1. The highest BCUT2D eigenvalue weighted by Crippen LogP contribution is 2.47. The number of hydrogen-bond donors (Lipinski definition) is 1. The van der Waals surface area contributed by atoms with Crippen molar-refractivity contribution in [3.63, 3.8) is 0 Å². The summed E-state index contributed by atoms with van der Waals surface area (Å²) in [4.78, 5) is 17.7. The number of nitrogens with one attached hydrogen (secondary N) is 1. The molecule has 1 fully saturated rings. The number of halogens is 1. The van der Waals surface area contributed by atoms with Crippen molar-refractivity contribution in [3.8, 4) is 11.3 Å². The second-order valence-corrected chi connectivity index (χ2v) is 8.31. The van der Waals surface area contributed by atoms with E-state index in [2.05, 4.69) is 17.2 Å². The van der Waals surface area contributed by atoms with Crippen molar-refractivity contribution in [2.24, 2.45) is 5.92 Å². The lowest BCUT2D eigenvalue weighted by Crippen LogP contribution is -2.11. The maximum atomic E-state index is 13.1. The molecule has 1 N–H and O–H groups in total. The molecule has 1 aromatic carbocycles. The molecule has 2 heterocycles. The van der Waals surface area contributed by atoms with Crippen LogP contribution in [-0.2, 0) is 11.2 Å². The van der Waals surface area contributed by atoms with E-state index in [4.69, 9.17) is 4.42 Å². The van der Waals surface area contributed by atoms with E-state index in [9.17, 15) is 9.18 Å². The molecule has 140 valence electrons. The minimum atomic E-state index is -0.280. The molecular formula is C21H21FN2O2S. The van der Waals surface area contributed by atoms with Gasteiger partial charge in [0.2, 0.25) is 5.91 Å². The number of furan rings is 1. The maximum absolute atomic E-state index is 13.1. The Kier molecular flexibility index (Phi) is 4.83. The minimum Gasteiger partial charge on any atom is -0.466 e. The molecule has 27 heavy (non-hydrogen) atoms. The molecule has 1 amide bonds. The van der Waals surface area contributed by atoms with E-state index in [0.717, 1.165) is 27.7 Å². The quantitative estimate of drug-likeness (QED) is 0.607. The Bertz CT molecular complexity index is 961. The number of aryl methyl sites for hydroxylation is 2. The summed E-state index contributed by atoms with van der Waals surface area (Å²) in [5, 5.41) is 3.42. The number of amides is 1. The summed E-state index contributed by atoms with van der Waals surface area (Å²) in [5.41, 5.74) is 1.60. The molecule has 0 bridgehead atoms. The molecule has 2 aromatic heterocycles. The Balaban J connectivity index is 1.35. The van der Waals surface area contributed by atoms with Crippen molar-refractivity contribution in [1.82, 2.24) is 4.98 Å². The third kappa shape index (κ3) is 4.11. The first-order chi connectivity index (χ1) is 13.0. The van der Waals surface area contributed by atoms with Crippen LogP contribution in [0.2, 0.25) is 0 Å². The highest BCUT2D eigenvalue weighted by atomic mass is 32.1. The predicted octanol–water partition coefficient (Wildman–Crippen LogP) is 5.55. The fraction of sp³-hybridized carbons (Fsp3) is 0.333. The van der Waals surface area contributed by atoms with Gasteiger partial charge >= 0.3 is 0 Å². The average molecular weight is 384 g/mol. The van der Waals surface area contributed by atoms with Crippen molar-refractivity contribution >= 4 is 22.4 Å². The maximum Gasteiger partial charge on any atom is 0.226 e. The molecule has 4 rings (SSSR count). The first-order valence-electron chi connectivity index (χ1n) is 9.11. The normalized spacial score (nSPS) is 18.5. The molecule has 2 atom stereocenters. The van der Waals surface area contributed by atoms with E-state index in [1.807, 2.05) is 19.1 Å². The number of rotatable bonds is 6. The van der Waals surface area contributed by atoms with Gasteiger partial charge in [-0.1, -0.05) is 6.92 Å². The molecule has 1 saturated carbocycles. The molecule has 0 aliphatic heterocycles. The van der Waals surface area contributed by atoms with Crippen LogP contribution >= 0.6 is 11.3 Å². The zero-order valence-corrected chi connectivity index (χ0v) is 16.1. The number of anilines is 1. The van der Waals surface area contributed by atoms with Crippen molar-refractivity contribution < 1.29 is 13.6 Å². The van der Waals surface area contributed by atoms with Gasteiger partial charge in [0.15, 0.2) is 5.13 Å². The van der Waals surface area contributed by atoms with Crippen molar-refractivity contribution in [1.29, 1.82) is 0 Å². The highest BCUT2D eigenvalue weighted by Gasteiger charge is 2.36. The van der Waals surface area contributed by atoms with Gasteiger partial charge in [-0.25, -0.2) is 9.37 Å². The van der Waals surface area contributed by atoms with Gasteiger partial charge in [-0.2, -0.15) is 0 Å². The summed E-state index contributed by atoms with van der Waals surface area (Å²) >= 11 is 1.42. The number of benzene rings is 1. The number of carbonyl (C=O) groups is 1. The third-order valence-electron chi connectivity index (χ3n) is 4.92. The number of carbonyl (C=O) groups excluding carboxylic acids is 1. The lowest BCUT2D eigenvalue weighted by Gasteiger charge is -2.01. The Morgan fingerprint density at radius 3 is 2.74 bits per heavy atom. The van der Waals surface area contributed by atoms with E-state index in [1.165, 1.54) is 29.9 Å². The standard InChI is InChI=1S/C21H21FN2O2S/c1-12-11-17(12)18-9-7-16(26-18)8-10-19(25)23-21-24-20(13(2)27-21)14-3-5-15(22)6-4-14/h3-7,9,12,17H,8,10-11H2,1-2H3,(H,23,24,25)/t12-,17+/m0/s1. The third-order valence-corrected chi connectivity index (χ3v) is 5.80. The Morgan fingerprint density at radius 2 is 2.04 bits per heavy atom. The molecule has 4 nitrogen and oxygen atoms in total. The molecule has 0 radical (unpaired) electrons. The van der Waals surface area contributed by atoms with Gasteiger partial charge in [0.1, 0.15) is 17.3 Å². The number of thiazole rings is 1. The van der Waals surface area contributed by atoms with Crippen molar-refractivity contribution in [2.75, 3.05) is 5.32 Å². The zero-order valence-electron chi connectivity index (χ0n) is 15.3. The van der Waals surface area contributed by atoms with Gasteiger partial charge in [-0.3, -0.25) is 4.79 Å². The Morgan fingerprint density at radius 1 is 1.30 bits per heavy atom. The zero-order chi connectivity index (χ0) is 19.0. The van der Waals surface area contributed by atoms with E-state index < -0.39 is 0 Å². The fourth-order valence-corrected chi connectivity index (χ4v) is 4.04. The fourth-order valence-electron chi connectivity index (χ4n) is 3.19. The first kappa shape index (κ1) is 17.9. The largest absolute Gasteiger partial charge is 0.466 e. The summed E-state index contributed by atoms with van der Waals surface area (Å²) in [6.45, 7) is 4.16. The average Bonchev–Trinajstić information content (AvgIpc) is 3.04. The number of aromatic nitrogens is 1. The summed E-state index contributed by atoms with van der Waals surface area (Å²) in [7, 11) is 0. The predicted molar refractivity (Wildman–Crippen MR) is 104 cm³/mol. The van der Waals surface area contributed by atoms with Crippen LogP contribution in [-0.4, -0.2) is 10.9 Å². The van der Waals surface area contributed by atoms with Gasteiger partial charge in [0, 0.05) is 29.2 Å². The first-order valence-corrected chi connectivity index (χ1v) is 9.93. The number of hydrogen-bond acceptors (Lipinski definition) is 4. The topological polar surface area (TPSA) is 55.1 Å². The second-order valence-electron chi connectivity index (χ2n) is 7.10.